The van der Waals surface area contributed by atoms with Gasteiger partial charge in [0.25, 0.3) is 0 Å². The van der Waals surface area contributed by atoms with Gasteiger partial charge in [-0.3, -0.25) is 4.79 Å². The van der Waals surface area contributed by atoms with Crippen molar-refractivity contribution in [2.75, 3.05) is 0 Å². The summed E-state index contributed by atoms with van der Waals surface area (Å²) in [6.07, 6.45) is 3.33. The van der Waals surface area contributed by atoms with E-state index >= 15 is 0 Å². The summed E-state index contributed by atoms with van der Waals surface area (Å²) < 4.78 is 6.50. The summed E-state index contributed by atoms with van der Waals surface area (Å²) in [6, 6.07) is 9.39. The van der Waals surface area contributed by atoms with E-state index in [-0.39, 0.29) is 5.78 Å². The minimum absolute atomic E-state index is 0.126. The number of ketones is 1. The predicted molar refractivity (Wildman–Crippen MR) is 81.6 cm³/mol. The second-order valence-electron chi connectivity index (χ2n) is 4.05. The van der Waals surface area contributed by atoms with Crippen molar-refractivity contribution in [1.29, 1.82) is 0 Å². The first-order valence-corrected chi connectivity index (χ1v) is 7.40. The zero-order valence-corrected chi connectivity index (χ0v) is 12.2. The molecule has 1 aromatic carbocycles. The van der Waals surface area contributed by atoms with Crippen LogP contribution in [-0.4, -0.2) is 5.78 Å². The maximum atomic E-state index is 12.0. The Morgan fingerprint density at radius 3 is 2.95 bits per heavy atom. The van der Waals surface area contributed by atoms with Crippen molar-refractivity contribution in [2.24, 2.45) is 0 Å². The van der Waals surface area contributed by atoms with E-state index in [9.17, 15) is 4.79 Å². The molecule has 0 unspecified atom stereocenters. The molecule has 0 radical (unpaired) electrons. The van der Waals surface area contributed by atoms with Crippen LogP contribution in [0.3, 0.4) is 0 Å². The number of hydrogen-bond donors (Lipinski definition) is 0. The zero-order chi connectivity index (χ0) is 13.2. The summed E-state index contributed by atoms with van der Waals surface area (Å²) >= 11 is 5.00. The molecular weight excluding hydrogens is 324 g/mol. The predicted octanol–water partition coefficient (Wildman–Crippen LogP) is 5.15. The standard InChI is InChI=1S/C15H9BrO2S/c16-12-2-4-14-11(7-12)8-15(18-14)13(17)3-1-10-5-6-19-9-10/h1-9H/b3-1+. The number of benzene rings is 1. The van der Waals surface area contributed by atoms with E-state index < -0.39 is 0 Å². The van der Waals surface area contributed by atoms with Gasteiger partial charge in [0, 0.05) is 9.86 Å². The fraction of sp³-hybridized carbons (Fsp3) is 0. The van der Waals surface area contributed by atoms with Crippen molar-refractivity contribution in [3.63, 3.8) is 0 Å². The fourth-order valence-corrected chi connectivity index (χ4v) is 2.77. The highest BCUT2D eigenvalue weighted by atomic mass is 79.9. The topological polar surface area (TPSA) is 30.2 Å². The Morgan fingerprint density at radius 2 is 2.16 bits per heavy atom. The van der Waals surface area contributed by atoms with Crippen LogP contribution in [0.1, 0.15) is 16.1 Å². The van der Waals surface area contributed by atoms with E-state index in [0.717, 1.165) is 21.0 Å². The van der Waals surface area contributed by atoms with Gasteiger partial charge in [-0.25, -0.2) is 0 Å². The molecule has 0 aliphatic rings. The molecule has 0 spiro atoms. The van der Waals surface area contributed by atoms with Crippen molar-refractivity contribution >= 4 is 50.1 Å². The van der Waals surface area contributed by atoms with Gasteiger partial charge in [0.1, 0.15) is 5.58 Å². The van der Waals surface area contributed by atoms with E-state index in [1.165, 1.54) is 6.08 Å². The fourth-order valence-electron chi connectivity index (χ4n) is 1.76. The molecule has 0 atom stereocenters. The molecule has 4 heteroatoms. The van der Waals surface area contributed by atoms with Gasteiger partial charge < -0.3 is 4.42 Å². The molecule has 0 bridgehead atoms. The third-order valence-electron chi connectivity index (χ3n) is 2.69. The van der Waals surface area contributed by atoms with Gasteiger partial charge in [0.15, 0.2) is 5.76 Å². The summed E-state index contributed by atoms with van der Waals surface area (Å²) in [4.78, 5) is 12.0. The van der Waals surface area contributed by atoms with Gasteiger partial charge in [0.2, 0.25) is 5.78 Å². The molecule has 0 aliphatic heterocycles. The molecule has 0 saturated heterocycles. The van der Waals surface area contributed by atoms with Crippen LogP contribution < -0.4 is 0 Å². The first-order valence-electron chi connectivity index (χ1n) is 5.66. The minimum atomic E-state index is -0.126. The lowest BCUT2D eigenvalue weighted by molar-refractivity contribution is 0.102. The van der Waals surface area contributed by atoms with Gasteiger partial charge in [-0.05, 0) is 52.7 Å². The molecule has 0 N–H and O–H groups in total. The first kappa shape index (κ1) is 12.4. The SMILES string of the molecule is O=C(/C=C/c1ccsc1)c1cc2cc(Br)ccc2o1. The Labute approximate surface area is 122 Å². The summed E-state index contributed by atoms with van der Waals surface area (Å²) in [7, 11) is 0. The normalized spacial score (nSPS) is 11.4. The highest BCUT2D eigenvalue weighted by Crippen LogP contribution is 2.23. The van der Waals surface area contributed by atoms with Gasteiger partial charge in [0.05, 0.1) is 0 Å². The Balaban J connectivity index is 1.89. The maximum absolute atomic E-state index is 12.0. The number of carbonyl (C=O) groups is 1. The van der Waals surface area contributed by atoms with E-state index in [2.05, 4.69) is 15.9 Å². The lowest BCUT2D eigenvalue weighted by Gasteiger charge is -1.88. The third kappa shape index (κ3) is 2.69. The molecule has 2 aromatic heterocycles. The monoisotopic (exact) mass is 332 g/mol. The number of hydrogen-bond acceptors (Lipinski definition) is 3. The van der Waals surface area contributed by atoms with Gasteiger partial charge in [-0.15, -0.1) is 0 Å². The number of furan rings is 1. The Bertz CT molecular complexity index is 754. The molecule has 0 saturated carbocycles. The highest BCUT2D eigenvalue weighted by Gasteiger charge is 2.09. The van der Waals surface area contributed by atoms with Crippen LogP contribution in [0, 0.1) is 0 Å². The van der Waals surface area contributed by atoms with Crippen LogP contribution in [0.2, 0.25) is 0 Å². The highest BCUT2D eigenvalue weighted by molar-refractivity contribution is 9.10. The Morgan fingerprint density at radius 1 is 1.26 bits per heavy atom. The lowest BCUT2D eigenvalue weighted by Crippen LogP contribution is -1.89. The molecule has 94 valence electrons. The second-order valence-corrected chi connectivity index (χ2v) is 5.74. The van der Waals surface area contributed by atoms with Crippen molar-refractivity contribution in [1.82, 2.24) is 0 Å². The van der Waals surface area contributed by atoms with Crippen LogP contribution in [0.15, 0.2) is 56.1 Å². The molecule has 2 heterocycles. The van der Waals surface area contributed by atoms with Gasteiger partial charge in [-0.2, -0.15) is 11.3 Å². The number of rotatable bonds is 3. The molecule has 0 aliphatic carbocycles. The lowest BCUT2D eigenvalue weighted by atomic mass is 10.2. The number of allylic oxidation sites excluding steroid dienone is 1. The van der Waals surface area contributed by atoms with E-state index in [4.69, 9.17) is 4.42 Å². The minimum Gasteiger partial charge on any atom is -0.453 e. The molecule has 0 fully saturated rings. The van der Waals surface area contributed by atoms with Crippen molar-refractivity contribution in [3.05, 3.63) is 63.0 Å². The average molecular weight is 333 g/mol. The largest absolute Gasteiger partial charge is 0.453 e. The number of carbonyl (C=O) groups excluding carboxylic acids is 1. The van der Waals surface area contributed by atoms with E-state index in [0.29, 0.717) is 5.76 Å². The van der Waals surface area contributed by atoms with Crippen molar-refractivity contribution in [2.45, 2.75) is 0 Å². The van der Waals surface area contributed by atoms with Crippen molar-refractivity contribution < 1.29 is 9.21 Å². The zero-order valence-electron chi connectivity index (χ0n) is 9.80. The maximum Gasteiger partial charge on any atom is 0.221 e. The van der Waals surface area contributed by atoms with Crippen molar-refractivity contribution in [3.8, 4) is 0 Å². The summed E-state index contributed by atoms with van der Waals surface area (Å²) in [6.45, 7) is 0. The molecule has 3 aromatic rings. The Kier molecular flexibility index (Phi) is 3.36. The molecule has 3 rings (SSSR count). The van der Waals surface area contributed by atoms with Crippen LogP contribution in [0.4, 0.5) is 0 Å². The number of halogens is 1. The van der Waals surface area contributed by atoms with Crippen LogP contribution in [-0.2, 0) is 0 Å². The van der Waals surface area contributed by atoms with Gasteiger partial charge in [-0.1, -0.05) is 22.0 Å². The number of thiophene rings is 1. The second kappa shape index (κ2) is 5.15. The quantitative estimate of drug-likeness (QED) is 0.490. The summed E-state index contributed by atoms with van der Waals surface area (Å²) in [5.41, 5.74) is 1.74. The first-order chi connectivity index (χ1) is 9.22. The molecule has 19 heavy (non-hydrogen) atoms. The summed E-state index contributed by atoms with van der Waals surface area (Å²) in [5.74, 6) is 0.234. The summed E-state index contributed by atoms with van der Waals surface area (Å²) in [5, 5.41) is 4.88. The molecule has 2 nitrogen and oxygen atoms in total. The smallest absolute Gasteiger partial charge is 0.221 e. The Hall–Kier alpha value is -1.65. The van der Waals surface area contributed by atoms with E-state index in [1.54, 1.807) is 23.5 Å². The average Bonchev–Trinajstić information content (AvgIpc) is 3.04. The van der Waals surface area contributed by atoms with Crippen LogP contribution >= 0.6 is 27.3 Å². The molecule has 0 amide bonds. The van der Waals surface area contributed by atoms with E-state index in [1.807, 2.05) is 35.0 Å². The number of fused-ring (bicyclic) bond motifs is 1. The van der Waals surface area contributed by atoms with Crippen LogP contribution in [0.5, 0.6) is 0 Å². The van der Waals surface area contributed by atoms with Crippen LogP contribution in [0.25, 0.3) is 17.0 Å². The molecular formula is C15H9BrO2S. The third-order valence-corrected chi connectivity index (χ3v) is 3.89. The van der Waals surface area contributed by atoms with Gasteiger partial charge >= 0.3 is 0 Å².